The van der Waals surface area contributed by atoms with Crippen molar-refractivity contribution < 1.29 is 26.9 Å². The van der Waals surface area contributed by atoms with Crippen LogP contribution in [0.2, 0.25) is 0 Å². The summed E-state index contributed by atoms with van der Waals surface area (Å²) in [7, 11) is -2.25. The fourth-order valence-corrected chi connectivity index (χ4v) is 1.46. The molecule has 0 N–H and O–H groups in total. The number of hydrogen-bond acceptors (Lipinski definition) is 6. The van der Waals surface area contributed by atoms with Gasteiger partial charge in [-0.2, -0.15) is 8.42 Å². The zero-order chi connectivity index (χ0) is 12.2. The van der Waals surface area contributed by atoms with E-state index >= 15 is 0 Å². The van der Waals surface area contributed by atoms with Gasteiger partial charge >= 0.3 is 10.1 Å². The van der Waals surface area contributed by atoms with E-state index in [1.165, 1.54) is 25.3 Å². The van der Waals surface area contributed by atoms with Crippen molar-refractivity contribution >= 4 is 16.6 Å². The average molecular weight is 246 g/mol. The molecule has 6 nitrogen and oxygen atoms in total. The zero-order valence-corrected chi connectivity index (χ0v) is 9.48. The van der Waals surface area contributed by atoms with E-state index in [0.717, 1.165) is 6.26 Å². The summed E-state index contributed by atoms with van der Waals surface area (Å²) in [6, 6.07) is 4.16. The Morgan fingerprint density at radius 1 is 1.25 bits per heavy atom. The number of carbonyl (C=O) groups is 1. The summed E-state index contributed by atoms with van der Waals surface area (Å²) < 4.78 is 35.9. The lowest BCUT2D eigenvalue weighted by molar-refractivity contribution is -0.120. The maximum atomic E-state index is 10.9. The summed E-state index contributed by atoms with van der Waals surface area (Å²) in [4.78, 5) is 10.2. The Bertz CT molecular complexity index is 479. The first-order valence-electron chi connectivity index (χ1n) is 4.14. The summed E-state index contributed by atoms with van der Waals surface area (Å²) in [5.41, 5.74) is 0. The van der Waals surface area contributed by atoms with E-state index in [1.807, 2.05) is 0 Å². The van der Waals surface area contributed by atoms with Gasteiger partial charge in [-0.05, 0) is 12.1 Å². The van der Waals surface area contributed by atoms with Crippen LogP contribution in [0.15, 0.2) is 18.2 Å². The highest BCUT2D eigenvalue weighted by Gasteiger charge is 2.12. The van der Waals surface area contributed by atoms with E-state index in [-0.39, 0.29) is 18.0 Å². The molecule has 0 saturated heterocycles. The summed E-state index contributed by atoms with van der Waals surface area (Å²) in [5.74, 6) is 0.313. The molecule has 0 bridgehead atoms. The summed E-state index contributed by atoms with van der Waals surface area (Å²) in [6.07, 6.45) is 0.891. The van der Waals surface area contributed by atoms with Crippen molar-refractivity contribution in [3.05, 3.63) is 18.2 Å². The average Bonchev–Trinajstić information content (AvgIpc) is 2.19. The Balaban J connectivity index is 3.12. The molecule has 1 aromatic rings. The van der Waals surface area contributed by atoms with Crippen LogP contribution in [0.1, 0.15) is 0 Å². The number of hydrogen-bond donors (Lipinski definition) is 0. The second kappa shape index (κ2) is 4.84. The van der Waals surface area contributed by atoms with Crippen LogP contribution in [0, 0.1) is 0 Å². The number of carbonyl (C=O) groups excluding carboxylic acids is 1. The van der Waals surface area contributed by atoms with E-state index in [9.17, 15) is 13.2 Å². The fourth-order valence-electron chi connectivity index (χ4n) is 0.991. The van der Waals surface area contributed by atoms with Crippen molar-refractivity contribution in [2.75, 3.05) is 13.4 Å². The van der Waals surface area contributed by atoms with Gasteiger partial charge in [0, 0.05) is 6.07 Å². The zero-order valence-electron chi connectivity index (χ0n) is 8.67. The predicted octanol–water partition coefficient (Wildman–Crippen LogP) is 0.569. The minimum atomic E-state index is -3.67. The van der Waals surface area contributed by atoms with Crippen LogP contribution < -0.4 is 13.7 Å². The Morgan fingerprint density at radius 3 is 2.44 bits per heavy atom. The van der Waals surface area contributed by atoms with Crippen molar-refractivity contribution in [1.29, 1.82) is 0 Å². The van der Waals surface area contributed by atoms with Gasteiger partial charge < -0.3 is 13.7 Å². The van der Waals surface area contributed by atoms with E-state index in [0.29, 0.717) is 5.75 Å². The minimum absolute atomic E-state index is 0.0280. The van der Waals surface area contributed by atoms with Crippen molar-refractivity contribution in [2.45, 2.75) is 0 Å². The largest absolute Gasteiger partial charge is 0.497 e. The lowest BCUT2D eigenvalue weighted by atomic mass is 10.3. The molecule has 0 amide bonds. The van der Waals surface area contributed by atoms with E-state index < -0.39 is 10.1 Å². The van der Waals surface area contributed by atoms with Gasteiger partial charge in [0.15, 0.2) is 11.5 Å². The van der Waals surface area contributed by atoms with Crippen molar-refractivity contribution in [1.82, 2.24) is 0 Å². The maximum absolute atomic E-state index is 10.9. The molecule has 1 aromatic carbocycles. The van der Waals surface area contributed by atoms with Crippen LogP contribution in [0.25, 0.3) is 0 Å². The van der Waals surface area contributed by atoms with Crippen LogP contribution in [-0.2, 0) is 14.9 Å². The van der Waals surface area contributed by atoms with Gasteiger partial charge in [0.1, 0.15) is 5.75 Å². The molecule has 0 aliphatic carbocycles. The van der Waals surface area contributed by atoms with E-state index in [1.54, 1.807) is 0 Å². The van der Waals surface area contributed by atoms with Crippen molar-refractivity contribution in [2.24, 2.45) is 0 Å². The number of ether oxygens (including phenoxy) is 2. The molecule has 0 fully saturated rings. The molecule has 0 radical (unpaired) electrons. The molecule has 0 aromatic heterocycles. The van der Waals surface area contributed by atoms with Crippen LogP contribution in [0.4, 0.5) is 0 Å². The Labute approximate surface area is 92.9 Å². The molecule has 0 atom stereocenters. The highest BCUT2D eigenvalue weighted by Crippen LogP contribution is 2.31. The first kappa shape index (κ1) is 12.3. The lowest BCUT2D eigenvalue weighted by Crippen LogP contribution is -2.07. The number of rotatable bonds is 5. The second-order valence-corrected chi connectivity index (χ2v) is 4.39. The molecule has 0 saturated carbocycles. The minimum Gasteiger partial charge on any atom is -0.497 e. The van der Waals surface area contributed by atoms with Crippen LogP contribution in [0.5, 0.6) is 17.2 Å². The van der Waals surface area contributed by atoms with Gasteiger partial charge in [-0.15, -0.1) is 0 Å². The summed E-state index contributed by atoms with van der Waals surface area (Å²) in [6.45, 7) is 0.171. The monoisotopic (exact) mass is 246 g/mol. The van der Waals surface area contributed by atoms with Crippen LogP contribution >= 0.6 is 0 Å². The number of benzene rings is 1. The fraction of sp³-hybridized carbons (Fsp3) is 0.222. The molecule has 0 spiro atoms. The van der Waals surface area contributed by atoms with Gasteiger partial charge in [0.05, 0.1) is 13.4 Å². The first-order valence-corrected chi connectivity index (χ1v) is 5.95. The van der Waals surface area contributed by atoms with Crippen molar-refractivity contribution in [3.63, 3.8) is 0 Å². The molecule has 88 valence electrons. The third-order valence-corrected chi connectivity index (χ3v) is 2.05. The van der Waals surface area contributed by atoms with Gasteiger partial charge in [0.2, 0.25) is 0 Å². The normalized spacial score (nSPS) is 10.6. The SMILES string of the molecule is COc1ccc(OS(C)(=O)=O)c(OC=O)c1. The molecule has 0 unspecified atom stereocenters. The number of methoxy groups -OCH3 is 1. The maximum Gasteiger partial charge on any atom is 0.306 e. The van der Waals surface area contributed by atoms with Gasteiger partial charge in [-0.3, -0.25) is 4.79 Å². The molecule has 0 heterocycles. The van der Waals surface area contributed by atoms with Gasteiger partial charge in [0.25, 0.3) is 6.47 Å². The quantitative estimate of drug-likeness (QED) is 0.558. The van der Waals surface area contributed by atoms with E-state index in [4.69, 9.17) is 4.74 Å². The molecule has 0 aliphatic heterocycles. The molecule has 0 aliphatic rings. The molecular weight excluding hydrogens is 236 g/mol. The second-order valence-electron chi connectivity index (χ2n) is 2.81. The van der Waals surface area contributed by atoms with Gasteiger partial charge in [-0.1, -0.05) is 0 Å². The topological polar surface area (TPSA) is 78.9 Å². The highest BCUT2D eigenvalue weighted by molar-refractivity contribution is 7.86. The molecule has 16 heavy (non-hydrogen) atoms. The standard InChI is InChI=1S/C9H10O6S/c1-13-7-3-4-8(15-16(2,11)12)9(5-7)14-6-10/h3-6H,1-2H3. The molecule has 1 rings (SSSR count). The molecule has 7 heteroatoms. The third-order valence-electron chi connectivity index (χ3n) is 1.57. The van der Waals surface area contributed by atoms with Crippen LogP contribution in [-0.4, -0.2) is 28.3 Å². The lowest BCUT2D eigenvalue weighted by Gasteiger charge is -2.08. The highest BCUT2D eigenvalue weighted by atomic mass is 32.2. The van der Waals surface area contributed by atoms with Crippen LogP contribution in [0.3, 0.4) is 0 Å². The Kier molecular flexibility index (Phi) is 3.73. The van der Waals surface area contributed by atoms with Crippen molar-refractivity contribution in [3.8, 4) is 17.2 Å². The molecular formula is C9H10O6S. The predicted molar refractivity (Wildman–Crippen MR) is 55.2 cm³/mol. The van der Waals surface area contributed by atoms with E-state index in [2.05, 4.69) is 8.92 Å². The first-order chi connectivity index (χ1) is 7.46. The Morgan fingerprint density at radius 2 is 1.94 bits per heavy atom. The van der Waals surface area contributed by atoms with Gasteiger partial charge in [-0.25, -0.2) is 0 Å². The Hall–Kier alpha value is -1.76. The summed E-state index contributed by atoms with van der Waals surface area (Å²) >= 11 is 0. The smallest absolute Gasteiger partial charge is 0.306 e. The third kappa shape index (κ3) is 3.43. The summed E-state index contributed by atoms with van der Waals surface area (Å²) in [5, 5.41) is 0.